The van der Waals surface area contributed by atoms with E-state index in [-0.39, 0.29) is 10.9 Å². The Hall–Kier alpha value is -1.78. The molecule has 0 atom stereocenters. The second-order valence-corrected chi connectivity index (χ2v) is 7.28. The van der Waals surface area contributed by atoms with Crippen LogP contribution in [-0.4, -0.2) is 9.55 Å². The molecule has 0 N–H and O–H groups in total. The van der Waals surface area contributed by atoms with Crippen LogP contribution in [0.1, 0.15) is 47.4 Å². The summed E-state index contributed by atoms with van der Waals surface area (Å²) in [6.07, 6.45) is 0. The minimum atomic E-state index is -0.811. The molecule has 0 fully saturated rings. The van der Waals surface area contributed by atoms with Crippen LogP contribution in [-0.2, 0) is 11.0 Å². The Morgan fingerprint density at radius 3 is 2.10 bits per heavy atom. The summed E-state index contributed by atoms with van der Waals surface area (Å²) in [5, 5.41) is -0.0320. The summed E-state index contributed by atoms with van der Waals surface area (Å²) >= 11 is 0. The van der Waals surface area contributed by atoms with Gasteiger partial charge in [-0.3, -0.25) is 9.36 Å². The molecular weight excluding hydrogens is 274 g/mol. The summed E-state index contributed by atoms with van der Waals surface area (Å²) in [6.45, 7) is 11.3. The zero-order chi connectivity index (χ0) is 16.2. The van der Waals surface area contributed by atoms with Gasteiger partial charge in [0.2, 0.25) is 0 Å². The normalized spacial score (nSPS) is 13.0. The first-order valence-corrected chi connectivity index (χ1v) is 6.85. The van der Waals surface area contributed by atoms with Crippen molar-refractivity contribution in [3.63, 3.8) is 0 Å². The van der Waals surface area contributed by atoms with Crippen molar-refractivity contribution in [2.75, 3.05) is 0 Å². The molecule has 5 heteroatoms. The minimum absolute atomic E-state index is 0.0320. The molecule has 21 heavy (non-hydrogen) atoms. The molecule has 0 saturated carbocycles. The second kappa shape index (κ2) is 4.61. The Bertz CT molecular complexity index is 765. The summed E-state index contributed by atoms with van der Waals surface area (Å²) in [6, 6.07) is 1.80. The Morgan fingerprint density at radius 2 is 1.62 bits per heavy atom. The number of rotatable bonds is 0. The van der Waals surface area contributed by atoms with Gasteiger partial charge in [0.25, 0.3) is 5.56 Å². The van der Waals surface area contributed by atoms with E-state index in [1.165, 1.54) is 4.57 Å². The number of hydrogen-bond donors (Lipinski definition) is 0. The molecule has 0 spiro atoms. The molecule has 0 bridgehead atoms. The molecule has 1 heterocycles. The Balaban J connectivity index is 3.07. The Labute approximate surface area is 122 Å². The van der Waals surface area contributed by atoms with E-state index >= 15 is 0 Å². The average Bonchev–Trinajstić information content (AvgIpc) is 2.26. The van der Waals surface area contributed by atoms with Gasteiger partial charge in [0.1, 0.15) is 17.2 Å². The summed E-state index contributed by atoms with van der Waals surface area (Å²) in [5.74, 6) is -1.10. The lowest BCUT2D eigenvalue weighted by Gasteiger charge is -2.31. The Morgan fingerprint density at radius 1 is 1.05 bits per heavy atom. The van der Waals surface area contributed by atoms with E-state index < -0.39 is 28.1 Å². The van der Waals surface area contributed by atoms with Crippen molar-refractivity contribution >= 4 is 10.9 Å². The fourth-order valence-corrected chi connectivity index (χ4v) is 2.34. The maximum atomic E-state index is 14.0. The van der Waals surface area contributed by atoms with Crippen LogP contribution in [0.3, 0.4) is 0 Å². The van der Waals surface area contributed by atoms with Gasteiger partial charge < -0.3 is 0 Å². The van der Waals surface area contributed by atoms with Crippen LogP contribution < -0.4 is 5.56 Å². The molecule has 1 aromatic carbocycles. The number of fused-ring (bicyclic) bond motifs is 1. The molecule has 2 rings (SSSR count). The van der Waals surface area contributed by atoms with Gasteiger partial charge >= 0.3 is 0 Å². The molecular formula is C16H20F2N2O. The molecule has 0 saturated heterocycles. The van der Waals surface area contributed by atoms with Crippen LogP contribution in [0.15, 0.2) is 16.9 Å². The third-order valence-corrected chi connectivity index (χ3v) is 3.23. The van der Waals surface area contributed by atoms with Crippen molar-refractivity contribution in [1.82, 2.24) is 9.55 Å². The summed E-state index contributed by atoms with van der Waals surface area (Å²) in [4.78, 5) is 17.1. The molecule has 0 amide bonds. The number of benzene rings is 1. The fraction of sp³-hybridized carbons (Fsp3) is 0.500. The van der Waals surface area contributed by atoms with E-state index in [0.717, 1.165) is 12.1 Å². The molecule has 0 aliphatic heterocycles. The van der Waals surface area contributed by atoms with Crippen LogP contribution in [0, 0.1) is 11.6 Å². The van der Waals surface area contributed by atoms with Gasteiger partial charge in [0.05, 0.1) is 5.39 Å². The smallest absolute Gasteiger partial charge is 0.262 e. The van der Waals surface area contributed by atoms with Gasteiger partial charge in [-0.25, -0.2) is 13.8 Å². The highest BCUT2D eigenvalue weighted by molar-refractivity contribution is 5.78. The van der Waals surface area contributed by atoms with Crippen molar-refractivity contribution < 1.29 is 8.78 Å². The van der Waals surface area contributed by atoms with Crippen molar-refractivity contribution in [2.24, 2.45) is 0 Å². The first-order valence-electron chi connectivity index (χ1n) is 6.85. The predicted octanol–water partition coefficient (Wildman–Crippen LogP) is 3.73. The molecule has 114 valence electrons. The third-order valence-electron chi connectivity index (χ3n) is 3.23. The van der Waals surface area contributed by atoms with E-state index in [1.54, 1.807) is 0 Å². The van der Waals surface area contributed by atoms with E-state index in [9.17, 15) is 13.6 Å². The van der Waals surface area contributed by atoms with E-state index in [1.807, 2.05) is 41.5 Å². The Kier molecular flexibility index (Phi) is 3.43. The lowest BCUT2D eigenvalue weighted by atomic mass is 9.93. The van der Waals surface area contributed by atoms with Gasteiger partial charge in [0.15, 0.2) is 5.82 Å². The summed E-state index contributed by atoms with van der Waals surface area (Å²) in [5.41, 5.74) is -1.48. The minimum Gasteiger partial charge on any atom is -0.290 e. The van der Waals surface area contributed by atoms with Crippen molar-refractivity contribution in [2.45, 2.75) is 52.5 Å². The number of halogens is 2. The van der Waals surface area contributed by atoms with Crippen molar-refractivity contribution in [3.8, 4) is 0 Å². The van der Waals surface area contributed by atoms with Crippen molar-refractivity contribution in [3.05, 3.63) is 39.9 Å². The van der Waals surface area contributed by atoms with Gasteiger partial charge in [-0.2, -0.15) is 0 Å². The highest BCUT2D eigenvalue weighted by Crippen LogP contribution is 2.27. The van der Waals surface area contributed by atoms with Gasteiger partial charge in [-0.15, -0.1) is 0 Å². The lowest BCUT2D eigenvalue weighted by Crippen LogP contribution is -2.40. The number of aromatic nitrogens is 2. The lowest BCUT2D eigenvalue weighted by molar-refractivity contribution is 0.337. The van der Waals surface area contributed by atoms with Crippen LogP contribution in [0.5, 0.6) is 0 Å². The first-order chi connectivity index (χ1) is 9.43. The molecule has 0 unspecified atom stereocenters. The molecule has 1 aromatic heterocycles. The topological polar surface area (TPSA) is 34.9 Å². The highest BCUT2D eigenvalue weighted by atomic mass is 19.1. The zero-order valence-corrected chi connectivity index (χ0v) is 13.2. The fourth-order valence-electron chi connectivity index (χ4n) is 2.34. The van der Waals surface area contributed by atoms with E-state index in [4.69, 9.17) is 0 Å². The maximum absolute atomic E-state index is 14.0. The van der Waals surface area contributed by atoms with E-state index in [0.29, 0.717) is 5.82 Å². The SMILES string of the molecule is CC(C)(C)c1nc2c(F)cc(F)cc2c(=O)n1C(C)(C)C. The number of nitrogens with zero attached hydrogens (tertiary/aromatic N) is 2. The predicted molar refractivity (Wildman–Crippen MR) is 79.6 cm³/mol. The average molecular weight is 294 g/mol. The first kappa shape index (κ1) is 15.6. The number of hydrogen-bond acceptors (Lipinski definition) is 2. The van der Waals surface area contributed by atoms with Crippen molar-refractivity contribution in [1.29, 1.82) is 0 Å². The summed E-state index contributed by atoms with van der Waals surface area (Å²) in [7, 11) is 0. The third kappa shape index (κ3) is 2.69. The zero-order valence-electron chi connectivity index (χ0n) is 13.2. The van der Waals surface area contributed by atoms with Gasteiger partial charge in [-0.1, -0.05) is 20.8 Å². The summed E-state index contributed by atoms with van der Waals surface area (Å²) < 4.78 is 28.9. The van der Waals surface area contributed by atoms with Crippen LogP contribution in [0.25, 0.3) is 10.9 Å². The highest BCUT2D eigenvalue weighted by Gasteiger charge is 2.29. The molecule has 0 aliphatic rings. The monoisotopic (exact) mass is 294 g/mol. The largest absolute Gasteiger partial charge is 0.290 e. The van der Waals surface area contributed by atoms with Crippen LogP contribution in [0.4, 0.5) is 8.78 Å². The van der Waals surface area contributed by atoms with Gasteiger partial charge in [-0.05, 0) is 26.8 Å². The standard InChI is InChI=1S/C16H20F2N2O/c1-15(2,3)14-19-12-10(7-9(17)8-11(12)18)13(21)20(14)16(4,5)6/h7-8H,1-6H3. The van der Waals surface area contributed by atoms with E-state index in [2.05, 4.69) is 4.98 Å². The van der Waals surface area contributed by atoms with Crippen LogP contribution in [0.2, 0.25) is 0 Å². The van der Waals surface area contributed by atoms with Gasteiger partial charge in [0, 0.05) is 17.0 Å². The molecule has 0 radical (unpaired) electrons. The molecule has 2 aromatic rings. The second-order valence-electron chi connectivity index (χ2n) is 7.28. The molecule has 3 nitrogen and oxygen atoms in total. The van der Waals surface area contributed by atoms with Crippen LogP contribution >= 0.6 is 0 Å². The molecule has 0 aliphatic carbocycles. The quantitative estimate of drug-likeness (QED) is 0.742. The maximum Gasteiger partial charge on any atom is 0.262 e.